The van der Waals surface area contributed by atoms with Gasteiger partial charge in [-0.2, -0.15) is 0 Å². The Morgan fingerprint density at radius 1 is 1.12 bits per heavy atom. The van der Waals surface area contributed by atoms with E-state index in [1.807, 2.05) is 0 Å². The van der Waals surface area contributed by atoms with E-state index in [2.05, 4.69) is 9.47 Å². The van der Waals surface area contributed by atoms with Crippen LogP contribution >= 0.6 is 0 Å². The summed E-state index contributed by atoms with van der Waals surface area (Å²) in [6.45, 7) is 0. The molecule has 1 N–H and O–H groups in total. The fourth-order valence-electron chi connectivity index (χ4n) is 1.34. The monoisotopic (exact) mass is 238 g/mol. The average Bonchev–Trinajstić information content (AvgIpc) is 2.32. The van der Waals surface area contributed by atoms with Crippen molar-refractivity contribution >= 4 is 11.9 Å². The van der Waals surface area contributed by atoms with E-state index < -0.39 is 5.97 Å². The number of ether oxygens (including phenoxy) is 2. The van der Waals surface area contributed by atoms with Gasteiger partial charge >= 0.3 is 11.9 Å². The topological polar surface area (TPSA) is 72.8 Å². The molecule has 0 saturated carbocycles. The van der Waals surface area contributed by atoms with Gasteiger partial charge in [0.15, 0.2) is 0 Å². The Kier molecular flexibility index (Phi) is 4.51. The van der Waals surface area contributed by atoms with E-state index >= 15 is 0 Å². The maximum atomic E-state index is 11.0. The van der Waals surface area contributed by atoms with Crippen LogP contribution < -0.4 is 0 Å². The number of aromatic hydroxyl groups is 1. The van der Waals surface area contributed by atoms with E-state index in [0.29, 0.717) is 11.1 Å². The molecule has 92 valence electrons. The number of hydrogen-bond acceptors (Lipinski definition) is 5. The molecule has 5 nitrogen and oxygen atoms in total. The van der Waals surface area contributed by atoms with E-state index in [0.717, 1.165) is 0 Å². The van der Waals surface area contributed by atoms with Crippen molar-refractivity contribution in [2.24, 2.45) is 0 Å². The summed E-state index contributed by atoms with van der Waals surface area (Å²) in [7, 11) is 2.58. The molecule has 0 atom stereocenters. The third-order valence-corrected chi connectivity index (χ3v) is 2.29. The second-order valence-electron chi connectivity index (χ2n) is 3.47. The minimum atomic E-state index is -0.430. The van der Waals surface area contributed by atoms with Crippen LogP contribution in [0.15, 0.2) is 18.2 Å². The zero-order chi connectivity index (χ0) is 12.8. The van der Waals surface area contributed by atoms with Crippen molar-refractivity contribution in [3.8, 4) is 5.75 Å². The van der Waals surface area contributed by atoms with Crippen molar-refractivity contribution in [1.82, 2.24) is 0 Å². The Balaban J connectivity index is 2.79. The van der Waals surface area contributed by atoms with Crippen LogP contribution in [0.2, 0.25) is 0 Å². The lowest BCUT2D eigenvalue weighted by Crippen LogP contribution is -2.06. The molecule has 1 rings (SSSR count). The molecular weight excluding hydrogens is 224 g/mol. The largest absolute Gasteiger partial charge is 0.508 e. The number of methoxy groups -OCH3 is 2. The van der Waals surface area contributed by atoms with Crippen LogP contribution in [0.4, 0.5) is 0 Å². The first-order chi connectivity index (χ1) is 8.06. The molecule has 0 fully saturated rings. The SMILES string of the molecule is COC(=O)Cc1ccc(CC(=O)OC)c(O)c1. The van der Waals surface area contributed by atoms with Crippen LogP contribution in [0, 0.1) is 0 Å². The molecule has 0 radical (unpaired) electrons. The van der Waals surface area contributed by atoms with Gasteiger partial charge in [-0.1, -0.05) is 12.1 Å². The molecule has 5 heteroatoms. The number of benzene rings is 1. The molecular formula is C12H14O5. The van der Waals surface area contributed by atoms with Gasteiger partial charge in [0.05, 0.1) is 27.1 Å². The van der Waals surface area contributed by atoms with E-state index in [1.165, 1.54) is 20.3 Å². The Morgan fingerprint density at radius 3 is 2.24 bits per heavy atom. The molecule has 0 aliphatic carbocycles. The van der Waals surface area contributed by atoms with E-state index in [9.17, 15) is 14.7 Å². The standard InChI is InChI=1S/C12H14O5/c1-16-11(14)6-8-3-4-9(10(13)5-8)7-12(15)17-2/h3-5,13H,6-7H2,1-2H3. The van der Waals surface area contributed by atoms with Gasteiger partial charge in [-0.3, -0.25) is 9.59 Å². The molecule has 0 amide bonds. The number of rotatable bonds is 4. The molecule has 0 spiro atoms. The van der Waals surface area contributed by atoms with Crippen LogP contribution in [0.25, 0.3) is 0 Å². The molecule has 17 heavy (non-hydrogen) atoms. The zero-order valence-corrected chi connectivity index (χ0v) is 9.73. The van der Waals surface area contributed by atoms with Gasteiger partial charge in [-0.25, -0.2) is 0 Å². The minimum absolute atomic E-state index is 0.000831. The molecule has 1 aromatic carbocycles. The number of hydrogen-bond donors (Lipinski definition) is 1. The molecule has 0 aliphatic heterocycles. The predicted octanol–water partition coefficient (Wildman–Crippen LogP) is 0.823. The molecule has 0 aliphatic rings. The first-order valence-electron chi connectivity index (χ1n) is 5.01. The van der Waals surface area contributed by atoms with Crippen LogP contribution in [0.3, 0.4) is 0 Å². The van der Waals surface area contributed by atoms with Crippen LogP contribution in [0.5, 0.6) is 5.75 Å². The lowest BCUT2D eigenvalue weighted by Gasteiger charge is -2.06. The number of phenolic OH excluding ortho intramolecular Hbond substituents is 1. The summed E-state index contributed by atoms with van der Waals surface area (Å²) in [6, 6.07) is 4.69. The number of phenols is 1. The highest BCUT2D eigenvalue weighted by atomic mass is 16.5. The summed E-state index contributed by atoms with van der Waals surface area (Å²) in [5.41, 5.74) is 1.09. The van der Waals surface area contributed by atoms with E-state index in [4.69, 9.17) is 0 Å². The van der Waals surface area contributed by atoms with Gasteiger partial charge in [-0.05, 0) is 11.6 Å². The second-order valence-corrected chi connectivity index (χ2v) is 3.47. The minimum Gasteiger partial charge on any atom is -0.508 e. The van der Waals surface area contributed by atoms with Crippen molar-refractivity contribution in [2.75, 3.05) is 14.2 Å². The predicted molar refractivity (Wildman–Crippen MR) is 59.5 cm³/mol. The number of carbonyl (C=O) groups is 2. The van der Waals surface area contributed by atoms with Gasteiger partial charge in [0, 0.05) is 5.56 Å². The third-order valence-electron chi connectivity index (χ3n) is 2.29. The van der Waals surface area contributed by atoms with Gasteiger partial charge in [0.2, 0.25) is 0 Å². The number of esters is 2. The Hall–Kier alpha value is -2.04. The first kappa shape index (κ1) is 13.0. The zero-order valence-electron chi connectivity index (χ0n) is 9.73. The fraction of sp³-hybridized carbons (Fsp3) is 0.333. The fourth-order valence-corrected chi connectivity index (χ4v) is 1.34. The Bertz CT molecular complexity index is 425. The van der Waals surface area contributed by atoms with Crippen LogP contribution in [0.1, 0.15) is 11.1 Å². The highest BCUT2D eigenvalue weighted by molar-refractivity contribution is 5.74. The molecule has 0 unspecified atom stereocenters. The van der Waals surface area contributed by atoms with E-state index in [-0.39, 0.29) is 24.6 Å². The number of carbonyl (C=O) groups excluding carboxylic acids is 2. The maximum Gasteiger partial charge on any atom is 0.310 e. The van der Waals surface area contributed by atoms with Crippen molar-refractivity contribution in [2.45, 2.75) is 12.8 Å². The molecule has 0 heterocycles. The van der Waals surface area contributed by atoms with Gasteiger partial charge in [0.1, 0.15) is 5.75 Å². The normalized spacial score (nSPS) is 9.76. The lowest BCUT2D eigenvalue weighted by atomic mass is 10.1. The van der Waals surface area contributed by atoms with Crippen molar-refractivity contribution in [3.05, 3.63) is 29.3 Å². The second kappa shape index (κ2) is 5.89. The molecule has 0 saturated heterocycles. The van der Waals surface area contributed by atoms with Crippen LogP contribution in [-0.2, 0) is 31.9 Å². The van der Waals surface area contributed by atoms with Crippen molar-refractivity contribution in [3.63, 3.8) is 0 Å². The van der Waals surface area contributed by atoms with Gasteiger partial charge in [0.25, 0.3) is 0 Å². The molecule has 1 aromatic rings. The van der Waals surface area contributed by atoms with Gasteiger partial charge in [-0.15, -0.1) is 0 Å². The summed E-state index contributed by atoms with van der Waals surface area (Å²) in [6.07, 6.45) is 0.0867. The van der Waals surface area contributed by atoms with E-state index in [1.54, 1.807) is 12.1 Å². The quantitative estimate of drug-likeness (QED) is 0.786. The summed E-state index contributed by atoms with van der Waals surface area (Å²) in [5, 5.41) is 9.66. The average molecular weight is 238 g/mol. The smallest absolute Gasteiger partial charge is 0.310 e. The van der Waals surface area contributed by atoms with Crippen molar-refractivity contribution in [1.29, 1.82) is 0 Å². The highest BCUT2D eigenvalue weighted by Gasteiger charge is 2.10. The molecule has 0 bridgehead atoms. The first-order valence-corrected chi connectivity index (χ1v) is 5.01. The van der Waals surface area contributed by atoms with Gasteiger partial charge < -0.3 is 14.6 Å². The molecule has 0 aromatic heterocycles. The highest BCUT2D eigenvalue weighted by Crippen LogP contribution is 2.20. The summed E-state index contributed by atoms with van der Waals surface area (Å²) in [4.78, 5) is 22.1. The summed E-state index contributed by atoms with van der Waals surface area (Å²) in [5.74, 6) is -0.845. The summed E-state index contributed by atoms with van der Waals surface area (Å²) < 4.78 is 9.01. The van der Waals surface area contributed by atoms with Crippen molar-refractivity contribution < 1.29 is 24.2 Å². The lowest BCUT2D eigenvalue weighted by molar-refractivity contribution is -0.140. The summed E-state index contributed by atoms with van der Waals surface area (Å²) >= 11 is 0. The third kappa shape index (κ3) is 3.79. The Labute approximate surface area is 99.0 Å². The Morgan fingerprint density at radius 2 is 1.71 bits per heavy atom. The van der Waals surface area contributed by atoms with Crippen LogP contribution in [-0.4, -0.2) is 31.3 Å². The maximum absolute atomic E-state index is 11.0.